The number of hydrogen-bond donors (Lipinski definition) is 1. The number of amides is 2. The summed E-state index contributed by atoms with van der Waals surface area (Å²) in [4.78, 5) is 26.1. The standard InChI is InChI=1S/C15H28N2O3/c1-10(2)12(16-14(19)20-6)13(18)17-9-7-8-11(17)15(3,4)5/h10-12H,7-9H2,1-6H3,(H,16,19). The average Bonchev–Trinajstić information content (AvgIpc) is 2.83. The first-order valence-corrected chi connectivity index (χ1v) is 7.33. The van der Waals surface area contributed by atoms with Crippen LogP contribution in [0.1, 0.15) is 47.5 Å². The lowest BCUT2D eigenvalue weighted by Crippen LogP contribution is -2.54. The minimum absolute atomic E-state index is 0.00262. The van der Waals surface area contributed by atoms with E-state index in [1.54, 1.807) is 0 Å². The van der Waals surface area contributed by atoms with E-state index >= 15 is 0 Å². The number of nitrogens with zero attached hydrogens (tertiary/aromatic N) is 1. The van der Waals surface area contributed by atoms with Gasteiger partial charge in [0.1, 0.15) is 6.04 Å². The third-order valence-corrected chi connectivity index (χ3v) is 3.93. The summed E-state index contributed by atoms with van der Waals surface area (Å²) in [5.74, 6) is 0.0330. The highest BCUT2D eigenvalue weighted by Gasteiger charge is 2.40. The summed E-state index contributed by atoms with van der Waals surface area (Å²) in [6.07, 6.45) is 1.50. The Kier molecular flexibility index (Phi) is 5.42. The zero-order chi connectivity index (χ0) is 15.5. The molecule has 1 fully saturated rings. The predicted molar refractivity (Wildman–Crippen MR) is 78.4 cm³/mol. The van der Waals surface area contributed by atoms with Gasteiger partial charge in [-0.05, 0) is 24.2 Å². The molecular weight excluding hydrogens is 256 g/mol. The monoisotopic (exact) mass is 284 g/mol. The van der Waals surface area contributed by atoms with E-state index in [-0.39, 0.29) is 23.3 Å². The zero-order valence-electron chi connectivity index (χ0n) is 13.5. The van der Waals surface area contributed by atoms with Gasteiger partial charge in [0.2, 0.25) is 5.91 Å². The van der Waals surface area contributed by atoms with Gasteiger partial charge in [0.05, 0.1) is 7.11 Å². The third kappa shape index (κ3) is 3.87. The first kappa shape index (κ1) is 16.8. The fourth-order valence-electron chi connectivity index (χ4n) is 2.81. The quantitative estimate of drug-likeness (QED) is 0.865. The number of methoxy groups -OCH3 is 1. The van der Waals surface area contributed by atoms with E-state index in [0.717, 1.165) is 19.4 Å². The van der Waals surface area contributed by atoms with Crippen LogP contribution >= 0.6 is 0 Å². The molecule has 116 valence electrons. The van der Waals surface area contributed by atoms with Crippen LogP contribution in [0.2, 0.25) is 0 Å². The molecule has 1 aliphatic rings. The Bertz CT molecular complexity index is 361. The van der Waals surface area contributed by atoms with Gasteiger partial charge in [-0.2, -0.15) is 0 Å². The molecule has 2 amide bonds. The van der Waals surface area contributed by atoms with E-state index < -0.39 is 12.1 Å². The Balaban J connectivity index is 2.86. The topological polar surface area (TPSA) is 58.6 Å². The lowest BCUT2D eigenvalue weighted by atomic mass is 9.85. The number of likely N-dealkylation sites (tertiary alicyclic amines) is 1. The molecule has 1 heterocycles. The number of carbonyl (C=O) groups excluding carboxylic acids is 2. The lowest BCUT2D eigenvalue weighted by Gasteiger charge is -2.37. The molecule has 1 aliphatic heterocycles. The summed E-state index contributed by atoms with van der Waals surface area (Å²) in [5.41, 5.74) is 0.0545. The fourth-order valence-corrected chi connectivity index (χ4v) is 2.81. The van der Waals surface area contributed by atoms with E-state index in [9.17, 15) is 9.59 Å². The molecule has 1 saturated heterocycles. The zero-order valence-corrected chi connectivity index (χ0v) is 13.5. The molecule has 1 rings (SSSR count). The van der Waals surface area contributed by atoms with Crippen molar-refractivity contribution in [3.63, 3.8) is 0 Å². The molecular formula is C15H28N2O3. The normalized spacial score (nSPS) is 20.9. The number of nitrogens with one attached hydrogen (secondary N) is 1. The van der Waals surface area contributed by atoms with Crippen molar-refractivity contribution < 1.29 is 14.3 Å². The maximum Gasteiger partial charge on any atom is 0.407 e. The lowest BCUT2D eigenvalue weighted by molar-refractivity contribution is -0.137. The maximum absolute atomic E-state index is 12.8. The molecule has 2 atom stereocenters. The number of hydrogen-bond acceptors (Lipinski definition) is 3. The van der Waals surface area contributed by atoms with Crippen LogP contribution in [0.15, 0.2) is 0 Å². The second kappa shape index (κ2) is 6.46. The molecule has 0 aromatic heterocycles. The van der Waals surface area contributed by atoms with Gasteiger partial charge in [0.25, 0.3) is 0 Å². The third-order valence-electron chi connectivity index (χ3n) is 3.93. The molecule has 5 nitrogen and oxygen atoms in total. The van der Waals surface area contributed by atoms with Crippen LogP contribution in [-0.2, 0) is 9.53 Å². The van der Waals surface area contributed by atoms with Crippen molar-refractivity contribution in [2.75, 3.05) is 13.7 Å². The average molecular weight is 284 g/mol. The Labute approximate surface area is 122 Å². The molecule has 20 heavy (non-hydrogen) atoms. The molecule has 0 radical (unpaired) electrons. The second-order valence-electron chi connectivity index (χ2n) is 6.91. The van der Waals surface area contributed by atoms with Crippen molar-refractivity contribution in [2.24, 2.45) is 11.3 Å². The van der Waals surface area contributed by atoms with E-state index in [4.69, 9.17) is 0 Å². The van der Waals surface area contributed by atoms with E-state index in [0.29, 0.717) is 0 Å². The fraction of sp³-hybridized carbons (Fsp3) is 0.867. The molecule has 0 saturated carbocycles. The van der Waals surface area contributed by atoms with Crippen LogP contribution < -0.4 is 5.32 Å². The first-order valence-electron chi connectivity index (χ1n) is 7.33. The van der Waals surface area contributed by atoms with Gasteiger partial charge in [-0.1, -0.05) is 34.6 Å². The largest absolute Gasteiger partial charge is 0.453 e. The number of ether oxygens (including phenoxy) is 1. The number of alkyl carbamates (subject to hydrolysis) is 1. The summed E-state index contributed by atoms with van der Waals surface area (Å²) < 4.78 is 4.62. The van der Waals surface area contributed by atoms with E-state index in [2.05, 4.69) is 30.8 Å². The summed E-state index contributed by atoms with van der Waals surface area (Å²) >= 11 is 0. The van der Waals surface area contributed by atoms with Gasteiger partial charge < -0.3 is 15.0 Å². The van der Waals surface area contributed by atoms with Crippen LogP contribution in [0, 0.1) is 11.3 Å². The van der Waals surface area contributed by atoms with E-state index in [1.165, 1.54) is 7.11 Å². The van der Waals surface area contributed by atoms with Crippen LogP contribution in [0.3, 0.4) is 0 Å². The van der Waals surface area contributed by atoms with E-state index in [1.807, 2.05) is 18.7 Å². The minimum atomic E-state index is -0.552. The molecule has 0 spiro atoms. The second-order valence-corrected chi connectivity index (χ2v) is 6.91. The number of carbonyl (C=O) groups is 2. The SMILES string of the molecule is COC(=O)NC(C(=O)N1CCCC1C(C)(C)C)C(C)C. The highest BCUT2D eigenvalue weighted by atomic mass is 16.5. The number of rotatable bonds is 3. The van der Waals surface area contributed by atoms with Gasteiger partial charge in [-0.3, -0.25) is 4.79 Å². The van der Waals surface area contributed by atoms with Crippen molar-refractivity contribution in [2.45, 2.75) is 59.5 Å². The molecule has 0 aromatic carbocycles. The summed E-state index contributed by atoms with van der Waals surface area (Å²) in [6.45, 7) is 11.1. The summed E-state index contributed by atoms with van der Waals surface area (Å²) in [6, 6.07) is -0.291. The van der Waals surface area contributed by atoms with Crippen LogP contribution in [-0.4, -0.2) is 42.6 Å². The van der Waals surface area contributed by atoms with Crippen molar-refractivity contribution in [1.82, 2.24) is 10.2 Å². The van der Waals surface area contributed by atoms with Gasteiger partial charge in [0.15, 0.2) is 0 Å². The summed E-state index contributed by atoms with van der Waals surface area (Å²) in [7, 11) is 1.31. The van der Waals surface area contributed by atoms with Crippen molar-refractivity contribution in [3.8, 4) is 0 Å². The molecule has 0 aromatic rings. The molecule has 2 unspecified atom stereocenters. The Hall–Kier alpha value is -1.26. The van der Waals surface area contributed by atoms with Gasteiger partial charge >= 0.3 is 6.09 Å². The molecule has 5 heteroatoms. The van der Waals surface area contributed by atoms with Crippen molar-refractivity contribution in [1.29, 1.82) is 0 Å². The predicted octanol–water partition coefficient (Wildman–Crippen LogP) is 2.40. The summed E-state index contributed by atoms with van der Waals surface area (Å²) in [5, 5.41) is 2.66. The molecule has 0 bridgehead atoms. The van der Waals surface area contributed by atoms with Crippen molar-refractivity contribution >= 4 is 12.0 Å². The Morgan fingerprint density at radius 2 is 1.90 bits per heavy atom. The first-order chi connectivity index (χ1) is 9.18. The minimum Gasteiger partial charge on any atom is -0.453 e. The van der Waals surface area contributed by atoms with Crippen LogP contribution in [0.25, 0.3) is 0 Å². The highest BCUT2D eigenvalue weighted by molar-refractivity contribution is 5.86. The Morgan fingerprint density at radius 1 is 1.30 bits per heavy atom. The molecule has 1 N–H and O–H groups in total. The maximum atomic E-state index is 12.8. The van der Waals surface area contributed by atoms with Gasteiger partial charge in [-0.15, -0.1) is 0 Å². The Morgan fingerprint density at radius 3 is 2.35 bits per heavy atom. The van der Waals surface area contributed by atoms with Crippen LogP contribution in [0.5, 0.6) is 0 Å². The van der Waals surface area contributed by atoms with Crippen LogP contribution in [0.4, 0.5) is 4.79 Å². The smallest absolute Gasteiger partial charge is 0.407 e. The van der Waals surface area contributed by atoms with Gasteiger partial charge in [0, 0.05) is 12.6 Å². The molecule has 0 aliphatic carbocycles. The van der Waals surface area contributed by atoms with Gasteiger partial charge in [-0.25, -0.2) is 4.79 Å². The van der Waals surface area contributed by atoms with Crippen molar-refractivity contribution in [3.05, 3.63) is 0 Å². The highest BCUT2D eigenvalue weighted by Crippen LogP contribution is 2.33.